The largest absolute Gasteiger partial charge is 0.338 e. The van der Waals surface area contributed by atoms with E-state index >= 15 is 0 Å². The van der Waals surface area contributed by atoms with E-state index in [0.717, 1.165) is 16.5 Å². The third-order valence-corrected chi connectivity index (χ3v) is 5.73. The average Bonchev–Trinajstić information content (AvgIpc) is 3.42. The van der Waals surface area contributed by atoms with Crippen molar-refractivity contribution in [3.05, 3.63) is 84.1 Å². The number of nitrogens with one attached hydrogen (secondary N) is 1. The van der Waals surface area contributed by atoms with E-state index in [4.69, 9.17) is 0 Å². The van der Waals surface area contributed by atoms with Gasteiger partial charge >= 0.3 is 0 Å². The summed E-state index contributed by atoms with van der Waals surface area (Å²) in [7, 11) is 0. The number of benzene rings is 2. The molecule has 4 aromatic rings. The predicted molar refractivity (Wildman–Crippen MR) is 122 cm³/mol. The normalized spacial score (nSPS) is 15.5. The van der Waals surface area contributed by atoms with Crippen LogP contribution in [-0.2, 0) is 16.1 Å². The lowest BCUT2D eigenvalue weighted by molar-refractivity contribution is -0.128. The Morgan fingerprint density at radius 1 is 1.09 bits per heavy atom. The molecule has 8 nitrogen and oxygen atoms in total. The molecule has 1 saturated heterocycles. The van der Waals surface area contributed by atoms with Gasteiger partial charge in [0.15, 0.2) is 11.6 Å². The van der Waals surface area contributed by atoms with Crippen LogP contribution in [0.4, 0.5) is 5.82 Å². The van der Waals surface area contributed by atoms with Gasteiger partial charge in [-0.15, -0.1) is 0 Å². The second kappa shape index (κ2) is 8.55. The Morgan fingerprint density at radius 2 is 1.88 bits per heavy atom. The first-order valence-electron chi connectivity index (χ1n) is 10.6. The van der Waals surface area contributed by atoms with Crippen molar-refractivity contribution in [2.75, 3.05) is 11.9 Å². The van der Waals surface area contributed by atoms with Crippen LogP contribution in [0.25, 0.3) is 16.7 Å². The number of carbonyl (C=O) groups excluding carboxylic acids is 2. The monoisotopic (exact) mass is 436 g/mol. The highest BCUT2D eigenvalue weighted by atomic mass is 16.2. The summed E-state index contributed by atoms with van der Waals surface area (Å²) in [4.78, 5) is 31.9. The van der Waals surface area contributed by atoms with Crippen LogP contribution in [0.3, 0.4) is 0 Å². The lowest BCUT2D eigenvalue weighted by atomic mass is 10.1. The molecule has 2 aromatic heterocycles. The van der Waals surface area contributed by atoms with Gasteiger partial charge in [-0.2, -0.15) is 15.0 Å². The van der Waals surface area contributed by atoms with Crippen LogP contribution in [0, 0.1) is 17.2 Å². The smallest absolute Gasteiger partial charge is 0.230 e. The molecule has 0 bridgehead atoms. The SMILES string of the molecule is N#Cc1cnn(-c2ccc3ccccc3n2)c1NC(=O)C1CC(=O)N(Cc2ccccc2)C1. The molecule has 0 spiro atoms. The maximum atomic E-state index is 13.1. The van der Waals surface area contributed by atoms with Gasteiger partial charge < -0.3 is 10.2 Å². The van der Waals surface area contributed by atoms with E-state index in [1.54, 1.807) is 11.0 Å². The third-order valence-electron chi connectivity index (χ3n) is 5.73. The molecule has 2 aromatic carbocycles. The Labute approximate surface area is 190 Å². The fourth-order valence-corrected chi connectivity index (χ4v) is 4.02. The van der Waals surface area contributed by atoms with Gasteiger partial charge in [-0.05, 0) is 23.8 Å². The number of carbonyl (C=O) groups is 2. The number of fused-ring (bicyclic) bond motifs is 1. The molecule has 0 radical (unpaired) electrons. The first-order chi connectivity index (χ1) is 16.1. The van der Waals surface area contributed by atoms with Crippen LogP contribution >= 0.6 is 0 Å². The summed E-state index contributed by atoms with van der Waals surface area (Å²) in [5, 5.41) is 17.6. The van der Waals surface area contributed by atoms with Crippen LogP contribution < -0.4 is 5.32 Å². The number of rotatable bonds is 5. The van der Waals surface area contributed by atoms with E-state index in [1.807, 2.05) is 60.7 Å². The van der Waals surface area contributed by atoms with Gasteiger partial charge in [-0.3, -0.25) is 9.59 Å². The first kappa shape index (κ1) is 20.4. The summed E-state index contributed by atoms with van der Waals surface area (Å²) in [6.07, 6.45) is 1.52. The molecular weight excluding hydrogens is 416 g/mol. The molecule has 2 amide bonds. The quantitative estimate of drug-likeness (QED) is 0.517. The molecule has 1 unspecified atom stereocenters. The van der Waals surface area contributed by atoms with Crippen molar-refractivity contribution in [1.82, 2.24) is 19.7 Å². The molecule has 1 aliphatic rings. The number of nitrogens with zero attached hydrogens (tertiary/aromatic N) is 5. The van der Waals surface area contributed by atoms with E-state index in [2.05, 4.69) is 21.5 Å². The number of anilines is 1. The molecule has 162 valence electrons. The number of pyridine rings is 1. The lowest BCUT2D eigenvalue weighted by Crippen LogP contribution is -2.28. The molecule has 0 saturated carbocycles. The van der Waals surface area contributed by atoms with Crippen LogP contribution in [0.5, 0.6) is 0 Å². The summed E-state index contributed by atoms with van der Waals surface area (Å²) in [5.74, 6) is -0.166. The minimum Gasteiger partial charge on any atom is -0.338 e. The maximum Gasteiger partial charge on any atom is 0.230 e. The van der Waals surface area contributed by atoms with Crippen LogP contribution in [0.2, 0.25) is 0 Å². The lowest BCUT2D eigenvalue weighted by Gasteiger charge is -2.17. The van der Waals surface area contributed by atoms with E-state index in [9.17, 15) is 14.9 Å². The van der Waals surface area contributed by atoms with Gasteiger partial charge in [0.25, 0.3) is 0 Å². The zero-order valence-corrected chi connectivity index (χ0v) is 17.7. The number of aromatic nitrogens is 3. The summed E-state index contributed by atoms with van der Waals surface area (Å²) < 4.78 is 1.45. The summed E-state index contributed by atoms with van der Waals surface area (Å²) in [6.45, 7) is 0.787. The van der Waals surface area contributed by atoms with Gasteiger partial charge in [-0.25, -0.2) is 4.98 Å². The Morgan fingerprint density at radius 3 is 2.70 bits per heavy atom. The molecule has 0 aliphatic carbocycles. The van der Waals surface area contributed by atoms with Gasteiger partial charge in [0, 0.05) is 24.9 Å². The number of hydrogen-bond donors (Lipinski definition) is 1. The molecule has 1 aliphatic heterocycles. The van der Waals surface area contributed by atoms with Crippen molar-refractivity contribution in [1.29, 1.82) is 5.26 Å². The molecule has 5 rings (SSSR count). The standard InChI is InChI=1S/C25H20N6O2/c26-13-20-14-27-31(22-11-10-18-8-4-5-9-21(18)28-22)24(20)29-25(33)19-12-23(32)30(16-19)15-17-6-2-1-3-7-17/h1-11,14,19H,12,15-16H2,(H,29,33). The number of nitriles is 1. The Balaban J connectivity index is 1.37. The van der Waals surface area contributed by atoms with Gasteiger partial charge in [0.05, 0.1) is 17.6 Å². The average molecular weight is 436 g/mol. The van der Waals surface area contributed by atoms with E-state index < -0.39 is 5.92 Å². The van der Waals surface area contributed by atoms with Gasteiger partial charge in [0.1, 0.15) is 11.6 Å². The topological polar surface area (TPSA) is 104 Å². The number of hydrogen-bond acceptors (Lipinski definition) is 5. The highest BCUT2D eigenvalue weighted by molar-refractivity contribution is 5.97. The Bertz CT molecular complexity index is 1390. The molecule has 1 atom stereocenters. The van der Waals surface area contributed by atoms with Gasteiger partial charge in [-0.1, -0.05) is 48.5 Å². The number of likely N-dealkylation sites (tertiary alicyclic amines) is 1. The Kier molecular flexibility index (Phi) is 5.29. The van der Waals surface area contributed by atoms with Crippen LogP contribution in [0.15, 0.2) is 72.9 Å². The molecule has 8 heteroatoms. The summed E-state index contributed by atoms with van der Waals surface area (Å²) in [5.41, 5.74) is 2.02. The zero-order valence-electron chi connectivity index (χ0n) is 17.7. The minimum atomic E-state index is -0.513. The first-order valence-corrected chi connectivity index (χ1v) is 10.6. The summed E-state index contributed by atoms with van der Waals surface area (Å²) >= 11 is 0. The highest BCUT2D eigenvalue weighted by Gasteiger charge is 2.35. The summed E-state index contributed by atoms with van der Waals surface area (Å²) in [6, 6.07) is 23.1. The van der Waals surface area contributed by atoms with E-state index in [0.29, 0.717) is 18.9 Å². The van der Waals surface area contributed by atoms with E-state index in [1.165, 1.54) is 10.9 Å². The third kappa shape index (κ3) is 4.04. The number of amides is 2. The van der Waals surface area contributed by atoms with Crippen molar-refractivity contribution in [2.24, 2.45) is 5.92 Å². The van der Waals surface area contributed by atoms with Crippen molar-refractivity contribution in [2.45, 2.75) is 13.0 Å². The van der Waals surface area contributed by atoms with Crippen molar-refractivity contribution in [3.8, 4) is 11.9 Å². The maximum absolute atomic E-state index is 13.1. The van der Waals surface area contributed by atoms with Crippen molar-refractivity contribution >= 4 is 28.5 Å². The van der Waals surface area contributed by atoms with Crippen LogP contribution in [0.1, 0.15) is 17.5 Å². The zero-order chi connectivity index (χ0) is 22.8. The van der Waals surface area contributed by atoms with Crippen molar-refractivity contribution in [3.63, 3.8) is 0 Å². The molecule has 33 heavy (non-hydrogen) atoms. The molecule has 3 heterocycles. The molecule has 1 N–H and O–H groups in total. The second-order valence-corrected chi connectivity index (χ2v) is 7.94. The Hall–Kier alpha value is -4.51. The minimum absolute atomic E-state index is 0.0655. The fraction of sp³-hybridized carbons (Fsp3) is 0.160. The highest BCUT2D eigenvalue weighted by Crippen LogP contribution is 2.25. The van der Waals surface area contributed by atoms with Crippen molar-refractivity contribution < 1.29 is 9.59 Å². The molecular formula is C25H20N6O2. The van der Waals surface area contributed by atoms with Crippen LogP contribution in [-0.4, -0.2) is 38.0 Å². The molecule has 1 fully saturated rings. The predicted octanol–water partition coefficient (Wildman–Crippen LogP) is 3.28. The van der Waals surface area contributed by atoms with E-state index in [-0.39, 0.29) is 29.6 Å². The van der Waals surface area contributed by atoms with Gasteiger partial charge in [0.2, 0.25) is 11.8 Å². The second-order valence-electron chi connectivity index (χ2n) is 7.94. The fourth-order valence-electron chi connectivity index (χ4n) is 4.02. The number of para-hydroxylation sites is 1.